The zero-order valence-corrected chi connectivity index (χ0v) is 15.8. The second-order valence-electron chi connectivity index (χ2n) is 3.73. The molecule has 96 valence electrons. The summed E-state index contributed by atoms with van der Waals surface area (Å²) in [5, 5.41) is 30.9. The van der Waals surface area contributed by atoms with Crippen LogP contribution in [0.3, 0.4) is 0 Å². The van der Waals surface area contributed by atoms with E-state index in [9.17, 15) is 19.8 Å². The summed E-state index contributed by atoms with van der Waals surface area (Å²) in [6, 6.07) is 5.82. The number of aromatic hydroxyl groups is 1. The van der Waals surface area contributed by atoms with Crippen LogP contribution in [0.4, 0.5) is 0 Å². The molecule has 0 fully saturated rings. The van der Waals surface area contributed by atoms with Gasteiger partial charge in [0.05, 0.1) is 11.9 Å². The smallest absolute Gasteiger partial charge is 0.545 e. The monoisotopic (exact) mass is 294 g/mol. The molecule has 1 aromatic rings. The van der Waals surface area contributed by atoms with E-state index in [-0.39, 0.29) is 88.9 Å². The maximum Gasteiger partial charge on any atom is 1.00 e. The van der Waals surface area contributed by atoms with Crippen molar-refractivity contribution < 1.29 is 84.0 Å². The number of hydrogen-bond acceptors (Lipinski definition) is 5. The number of carbonyl (C=O) groups excluding carboxylic acids is 2. The van der Waals surface area contributed by atoms with Gasteiger partial charge in [-0.1, -0.05) is 19.1 Å². The van der Waals surface area contributed by atoms with Crippen molar-refractivity contribution >= 4 is 11.9 Å². The van der Waals surface area contributed by atoms with Gasteiger partial charge in [-0.3, -0.25) is 0 Å². The molecule has 0 aromatic heterocycles. The van der Waals surface area contributed by atoms with Crippen molar-refractivity contribution in [2.24, 2.45) is 0 Å². The molecule has 0 aliphatic rings. The minimum Gasteiger partial charge on any atom is -0.545 e. The molecule has 0 unspecified atom stereocenters. The molecule has 0 atom stereocenters. The topological polar surface area (TPSA) is 100 Å². The minimum absolute atomic E-state index is 0. The molecule has 0 amide bonds. The van der Waals surface area contributed by atoms with Crippen LogP contribution in [0.5, 0.6) is 5.75 Å². The predicted molar refractivity (Wildman–Crippen MR) is 59.1 cm³/mol. The Morgan fingerprint density at radius 2 is 1.45 bits per heavy atom. The van der Waals surface area contributed by atoms with E-state index in [1.165, 1.54) is 31.2 Å². The van der Waals surface area contributed by atoms with Gasteiger partial charge in [0.25, 0.3) is 0 Å². The molecule has 0 saturated heterocycles. The first-order chi connectivity index (χ1) is 8.45. The maximum atomic E-state index is 11.0. The number of aliphatic carboxylic acids is 2. The largest absolute Gasteiger partial charge is 1.00 e. The summed E-state index contributed by atoms with van der Waals surface area (Å²) >= 11 is 0. The van der Waals surface area contributed by atoms with Crippen LogP contribution in [-0.2, 0) is 16.0 Å². The van der Waals surface area contributed by atoms with E-state index in [2.05, 4.69) is 0 Å². The number of carboxylic acid groups (broad SMARTS) is 2. The number of carboxylic acids is 2. The van der Waals surface area contributed by atoms with Gasteiger partial charge in [0.2, 0.25) is 0 Å². The second-order valence-corrected chi connectivity index (χ2v) is 3.73. The van der Waals surface area contributed by atoms with E-state index in [4.69, 9.17) is 5.11 Å². The Morgan fingerprint density at radius 1 is 1.00 bits per heavy atom. The second kappa shape index (κ2) is 10.4. The molecule has 0 bridgehead atoms. The molecule has 5 nitrogen and oxygen atoms in total. The maximum absolute atomic E-state index is 11.0. The van der Waals surface area contributed by atoms with Crippen LogP contribution in [-0.4, -0.2) is 17.0 Å². The van der Waals surface area contributed by atoms with E-state index in [1.54, 1.807) is 0 Å². The summed E-state index contributed by atoms with van der Waals surface area (Å²) < 4.78 is 0. The van der Waals surface area contributed by atoms with Gasteiger partial charge in [-0.15, -0.1) is 0 Å². The Labute approximate surface area is 161 Å². The number of phenolic OH excluding ortho intramolecular Hbond substituents is 1. The van der Waals surface area contributed by atoms with Gasteiger partial charge in [-0.2, -0.15) is 0 Å². The molecular weight excluding hydrogens is 282 g/mol. The molecule has 0 aliphatic heterocycles. The zero-order chi connectivity index (χ0) is 13.7. The van der Waals surface area contributed by atoms with Crippen molar-refractivity contribution in [3.8, 4) is 5.75 Å². The molecule has 0 saturated carbocycles. The fourth-order valence-corrected chi connectivity index (χ4v) is 1.60. The number of benzene rings is 1. The molecule has 1 N–H and O–H groups in total. The standard InChI is InChI=1S/C13H14O5.2Na/c1-2-10(12(15)16)11(13(17)18)7-8-3-5-9(14)6-4-8;;/h3-6,14H,2,7H2,1H3,(H,15,16)(H,17,18);;/q;2*+1/p-2/b11-10-;;. The fourth-order valence-electron chi connectivity index (χ4n) is 1.60. The Kier molecular flexibility index (Phi) is 11.5. The molecule has 1 rings (SSSR count). The predicted octanol–water partition coefficient (Wildman–Crippen LogP) is -6.85. The summed E-state index contributed by atoms with van der Waals surface area (Å²) in [7, 11) is 0. The molecular formula is C13H12Na2O5. The first-order valence-corrected chi connectivity index (χ1v) is 5.38. The van der Waals surface area contributed by atoms with Gasteiger partial charge in [0.15, 0.2) is 0 Å². The third-order valence-electron chi connectivity index (χ3n) is 2.53. The quantitative estimate of drug-likeness (QED) is 0.430. The van der Waals surface area contributed by atoms with Crippen LogP contribution in [0.25, 0.3) is 0 Å². The third kappa shape index (κ3) is 6.43. The summed E-state index contributed by atoms with van der Waals surface area (Å²) in [6.07, 6.45) is -0.0382. The van der Waals surface area contributed by atoms with Crippen LogP contribution in [0.15, 0.2) is 35.4 Å². The van der Waals surface area contributed by atoms with E-state index in [0.29, 0.717) is 5.56 Å². The molecule has 1 aromatic carbocycles. The summed E-state index contributed by atoms with van der Waals surface area (Å²) in [5.74, 6) is -2.98. The normalized spacial score (nSPS) is 10.7. The van der Waals surface area contributed by atoms with Crippen molar-refractivity contribution in [3.63, 3.8) is 0 Å². The number of hydrogen-bond donors (Lipinski definition) is 1. The first kappa shape index (κ1) is 22.0. The molecule has 0 heterocycles. The molecule has 0 spiro atoms. The number of phenols is 1. The van der Waals surface area contributed by atoms with Gasteiger partial charge in [-0.25, -0.2) is 0 Å². The fraction of sp³-hybridized carbons (Fsp3) is 0.231. The van der Waals surface area contributed by atoms with Crippen LogP contribution < -0.4 is 69.3 Å². The Hall–Kier alpha value is -0.300. The van der Waals surface area contributed by atoms with Crippen LogP contribution in [0.1, 0.15) is 18.9 Å². The first-order valence-electron chi connectivity index (χ1n) is 5.38. The number of carbonyl (C=O) groups is 2. The summed E-state index contributed by atoms with van der Waals surface area (Å²) in [4.78, 5) is 21.8. The van der Waals surface area contributed by atoms with Crippen molar-refractivity contribution in [2.45, 2.75) is 19.8 Å². The zero-order valence-electron chi connectivity index (χ0n) is 11.8. The Balaban J connectivity index is 0. The molecule has 0 radical (unpaired) electrons. The van der Waals surface area contributed by atoms with Crippen molar-refractivity contribution in [1.82, 2.24) is 0 Å². The van der Waals surface area contributed by atoms with Crippen LogP contribution in [0.2, 0.25) is 0 Å². The Bertz CT molecular complexity index is 494. The van der Waals surface area contributed by atoms with Gasteiger partial charge in [0.1, 0.15) is 5.75 Å². The van der Waals surface area contributed by atoms with Crippen molar-refractivity contribution in [3.05, 3.63) is 41.0 Å². The Morgan fingerprint density at radius 3 is 1.80 bits per heavy atom. The van der Waals surface area contributed by atoms with Crippen molar-refractivity contribution in [2.75, 3.05) is 0 Å². The average molecular weight is 294 g/mol. The van der Waals surface area contributed by atoms with E-state index < -0.39 is 11.9 Å². The van der Waals surface area contributed by atoms with Gasteiger partial charge >= 0.3 is 59.1 Å². The van der Waals surface area contributed by atoms with E-state index in [0.717, 1.165) is 0 Å². The number of rotatable bonds is 5. The van der Waals surface area contributed by atoms with Gasteiger partial charge in [-0.05, 0) is 41.7 Å². The average Bonchev–Trinajstić information content (AvgIpc) is 2.30. The summed E-state index contributed by atoms with van der Waals surface area (Å²) in [5.41, 5.74) is -0.00883. The SMILES string of the molecule is CC/C(C(=O)[O-])=C(\Cc1ccc(O)cc1)C(=O)[O-].[Na+].[Na+]. The van der Waals surface area contributed by atoms with Crippen molar-refractivity contribution in [1.29, 1.82) is 0 Å². The van der Waals surface area contributed by atoms with Gasteiger partial charge in [0, 0.05) is 0 Å². The van der Waals surface area contributed by atoms with E-state index in [1.807, 2.05) is 0 Å². The van der Waals surface area contributed by atoms with Crippen LogP contribution >= 0.6 is 0 Å². The van der Waals surface area contributed by atoms with Gasteiger partial charge < -0.3 is 24.9 Å². The minimum atomic E-state index is -1.52. The van der Waals surface area contributed by atoms with Crippen LogP contribution in [0, 0.1) is 0 Å². The third-order valence-corrected chi connectivity index (χ3v) is 2.53. The molecule has 7 heteroatoms. The summed E-state index contributed by atoms with van der Waals surface area (Å²) in [6.45, 7) is 1.53. The molecule has 20 heavy (non-hydrogen) atoms. The molecule has 0 aliphatic carbocycles. The van der Waals surface area contributed by atoms with E-state index >= 15 is 0 Å².